The van der Waals surface area contributed by atoms with E-state index in [1.165, 1.54) is 0 Å². The number of carbonyl (C=O) groups is 2. The van der Waals surface area contributed by atoms with Crippen LogP contribution in [0.25, 0.3) is 0 Å². The van der Waals surface area contributed by atoms with Crippen molar-refractivity contribution in [1.29, 1.82) is 0 Å². The van der Waals surface area contributed by atoms with Gasteiger partial charge in [-0.3, -0.25) is 9.59 Å². The van der Waals surface area contributed by atoms with Crippen LogP contribution in [0.2, 0.25) is 0 Å². The van der Waals surface area contributed by atoms with E-state index in [0.29, 0.717) is 56.3 Å². The van der Waals surface area contributed by atoms with E-state index in [-0.39, 0.29) is 12.5 Å². The van der Waals surface area contributed by atoms with E-state index >= 15 is 0 Å². The zero-order valence-corrected chi connectivity index (χ0v) is 12.7. The number of benzene rings is 1. The van der Waals surface area contributed by atoms with Crippen molar-refractivity contribution in [3.05, 3.63) is 23.8 Å². The van der Waals surface area contributed by atoms with Gasteiger partial charge in [-0.1, -0.05) is 0 Å². The highest BCUT2D eigenvalue weighted by molar-refractivity contribution is 5.95. The van der Waals surface area contributed by atoms with Crippen molar-refractivity contribution in [1.82, 2.24) is 5.32 Å². The van der Waals surface area contributed by atoms with Crippen molar-refractivity contribution in [2.75, 3.05) is 33.0 Å². The summed E-state index contributed by atoms with van der Waals surface area (Å²) >= 11 is 0. The molecule has 2 aliphatic heterocycles. The van der Waals surface area contributed by atoms with Gasteiger partial charge in [-0.25, -0.2) is 0 Å². The minimum atomic E-state index is -0.957. The quantitative estimate of drug-likeness (QED) is 0.861. The Labute approximate surface area is 133 Å². The van der Waals surface area contributed by atoms with Gasteiger partial charge in [-0.05, 0) is 31.0 Å². The van der Waals surface area contributed by atoms with Gasteiger partial charge in [0.25, 0.3) is 5.91 Å². The first-order valence-electron chi connectivity index (χ1n) is 7.60. The molecule has 0 atom stereocenters. The van der Waals surface area contributed by atoms with E-state index in [2.05, 4.69) is 5.32 Å². The molecule has 1 fully saturated rings. The number of ether oxygens (including phenoxy) is 3. The number of nitrogens with one attached hydrogen (secondary N) is 1. The monoisotopic (exact) mass is 321 g/mol. The van der Waals surface area contributed by atoms with Gasteiger partial charge in [0.1, 0.15) is 13.2 Å². The first kappa shape index (κ1) is 15.6. The standard InChI is InChI=1S/C16H19NO6/c18-14(11-1-2-12-13(9-11)23-8-7-22-12)17-10-16(15(19)20)3-5-21-6-4-16/h1-2,9H,3-8,10H2,(H,17,18)(H,19,20). The molecule has 0 unspecified atom stereocenters. The Bertz CT molecular complexity index is 609. The number of hydrogen-bond acceptors (Lipinski definition) is 5. The van der Waals surface area contributed by atoms with Gasteiger partial charge < -0.3 is 24.6 Å². The number of hydrogen-bond donors (Lipinski definition) is 2. The van der Waals surface area contributed by atoms with E-state index in [1.54, 1.807) is 18.2 Å². The summed E-state index contributed by atoms with van der Waals surface area (Å²) < 4.78 is 16.1. The largest absolute Gasteiger partial charge is 0.486 e. The van der Waals surface area contributed by atoms with Crippen molar-refractivity contribution in [3.63, 3.8) is 0 Å². The van der Waals surface area contributed by atoms with Crippen LogP contribution in [0.3, 0.4) is 0 Å². The first-order chi connectivity index (χ1) is 11.1. The van der Waals surface area contributed by atoms with Gasteiger partial charge in [0.2, 0.25) is 0 Å². The van der Waals surface area contributed by atoms with Crippen molar-refractivity contribution >= 4 is 11.9 Å². The molecule has 0 spiro atoms. The van der Waals surface area contributed by atoms with Gasteiger partial charge in [0.05, 0.1) is 5.41 Å². The Morgan fingerprint density at radius 1 is 1.09 bits per heavy atom. The van der Waals surface area contributed by atoms with Crippen LogP contribution in [-0.2, 0) is 9.53 Å². The molecule has 23 heavy (non-hydrogen) atoms. The summed E-state index contributed by atoms with van der Waals surface area (Å²) in [4.78, 5) is 23.9. The van der Waals surface area contributed by atoms with Crippen LogP contribution in [0.4, 0.5) is 0 Å². The lowest BCUT2D eigenvalue weighted by molar-refractivity contribution is -0.154. The molecule has 7 nitrogen and oxygen atoms in total. The molecule has 0 saturated carbocycles. The van der Waals surface area contributed by atoms with Gasteiger partial charge >= 0.3 is 5.97 Å². The zero-order valence-electron chi connectivity index (χ0n) is 12.7. The van der Waals surface area contributed by atoms with Crippen molar-refractivity contribution in [3.8, 4) is 11.5 Å². The number of carboxylic acids is 1. The number of carboxylic acid groups (broad SMARTS) is 1. The van der Waals surface area contributed by atoms with Gasteiger partial charge in [-0.2, -0.15) is 0 Å². The Kier molecular flexibility index (Phi) is 4.38. The molecule has 1 saturated heterocycles. The van der Waals surface area contributed by atoms with Gasteiger partial charge in [-0.15, -0.1) is 0 Å². The molecule has 1 aromatic carbocycles. The second-order valence-electron chi connectivity index (χ2n) is 5.74. The summed E-state index contributed by atoms with van der Waals surface area (Å²) in [6.45, 7) is 1.80. The third-order valence-electron chi connectivity index (χ3n) is 4.30. The van der Waals surface area contributed by atoms with Crippen LogP contribution in [0.15, 0.2) is 18.2 Å². The van der Waals surface area contributed by atoms with Crippen molar-refractivity contribution in [2.24, 2.45) is 5.41 Å². The van der Waals surface area contributed by atoms with E-state index in [1.807, 2.05) is 0 Å². The maximum Gasteiger partial charge on any atom is 0.311 e. The molecule has 0 radical (unpaired) electrons. The highest BCUT2D eigenvalue weighted by Gasteiger charge is 2.40. The number of carbonyl (C=O) groups excluding carboxylic acids is 1. The summed E-state index contributed by atoms with van der Waals surface area (Å²) in [6.07, 6.45) is 0.785. The molecule has 7 heteroatoms. The number of amides is 1. The van der Waals surface area contributed by atoms with Gasteiger partial charge in [0.15, 0.2) is 11.5 Å². The molecule has 0 aromatic heterocycles. The normalized spacial score (nSPS) is 19.0. The third kappa shape index (κ3) is 3.24. The number of rotatable bonds is 4. The lowest BCUT2D eigenvalue weighted by Gasteiger charge is -2.33. The second kappa shape index (κ2) is 6.45. The number of fused-ring (bicyclic) bond motifs is 1. The summed E-state index contributed by atoms with van der Waals surface area (Å²) in [7, 11) is 0. The van der Waals surface area contributed by atoms with Crippen LogP contribution in [0.5, 0.6) is 11.5 Å². The first-order valence-corrected chi connectivity index (χ1v) is 7.60. The van der Waals surface area contributed by atoms with E-state index in [9.17, 15) is 14.7 Å². The lowest BCUT2D eigenvalue weighted by atomic mass is 9.80. The van der Waals surface area contributed by atoms with Gasteiger partial charge in [0, 0.05) is 25.3 Å². The molecule has 124 valence electrons. The molecular weight excluding hydrogens is 302 g/mol. The zero-order chi connectivity index (χ0) is 16.3. The van der Waals surface area contributed by atoms with Crippen LogP contribution in [0, 0.1) is 5.41 Å². The topological polar surface area (TPSA) is 94.1 Å². The molecule has 2 heterocycles. The molecular formula is C16H19NO6. The Morgan fingerprint density at radius 3 is 2.48 bits per heavy atom. The summed E-state index contributed by atoms with van der Waals surface area (Å²) in [6, 6.07) is 4.94. The van der Waals surface area contributed by atoms with Crippen LogP contribution < -0.4 is 14.8 Å². The van der Waals surface area contributed by atoms with E-state index in [4.69, 9.17) is 14.2 Å². The predicted octanol–water partition coefficient (Wildman–Crippen LogP) is 1.07. The average molecular weight is 321 g/mol. The SMILES string of the molecule is O=C(NCC1(C(=O)O)CCOCC1)c1ccc2c(c1)OCCO2. The Balaban J connectivity index is 1.68. The van der Waals surface area contributed by atoms with Crippen LogP contribution in [0.1, 0.15) is 23.2 Å². The molecule has 2 N–H and O–H groups in total. The minimum Gasteiger partial charge on any atom is -0.486 e. The van der Waals surface area contributed by atoms with E-state index in [0.717, 1.165) is 0 Å². The Hall–Kier alpha value is -2.28. The second-order valence-corrected chi connectivity index (χ2v) is 5.74. The minimum absolute atomic E-state index is 0.0823. The highest BCUT2D eigenvalue weighted by Crippen LogP contribution is 2.32. The lowest BCUT2D eigenvalue weighted by Crippen LogP contribution is -2.46. The van der Waals surface area contributed by atoms with Crippen molar-refractivity contribution < 1.29 is 28.9 Å². The molecule has 1 aromatic rings. The highest BCUT2D eigenvalue weighted by atomic mass is 16.6. The Morgan fingerprint density at radius 2 is 1.78 bits per heavy atom. The average Bonchev–Trinajstić information content (AvgIpc) is 2.60. The molecule has 3 rings (SSSR count). The fraction of sp³-hybridized carbons (Fsp3) is 0.500. The molecule has 1 amide bonds. The summed E-state index contributed by atoms with van der Waals surface area (Å²) in [5.74, 6) is -0.0838. The van der Waals surface area contributed by atoms with E-state index < -0.39 is 11.4 Å². The number of aliphatic carboxylic acids is 1. The van der Waals surface area contributed by atoms with Crippen LogP contribution in [-0.4, -0.2) is 50.0 Å². The fourth-order valence-electron chi connectivity index (χ4n) is 2.76. The summed E-state index contributed by atoms with van der Waals surface area (Å²) in [5, 5.41) is 12.2. The van der Waals surface area contributed by atoms with Crippen molar-refractivity contribution in [2.45, 2.75) is 12.8 Å². The summed E-state index contributed by atoms with van der Waals surface area (Å²) in [5.41, 5.74) is -0.538. The smallest absolute Gasteiger partial charge is 0.311 e. The molecule has 0 bridgehead atoms. The third-order valence-corrected chi connectivity index (χ3v) is 4.30. The fourth-order valence-corrected chi connectivity index (χ4v) is 2.76. The molecule has 2 aliphatic rings. The predicted molar refractivity (Wildman–Crippen MR) is 79.9 cm³/mol. The maximum atomic E-state index is 12.3. The molecule has 0 aliphatic carbocycles. The maximum absolute atomic E-state index is 12.3. The van der Waals surface area contributed by atoms with Crippen LogP contribution >= 0.6 is 0 Å².